The minimum absolute atomic E-state index is 0.0927. The Hall–Kier alpha value is -1.16. The highest BCUT2D eigenvalue weighted by Gasteiger charge is 2.22. The standard InChI is InChI=1S/C9H10F2N2/c10-6-3-5(9-1-2-13-9)8(12)4-7(6)11/h3-4,9,13H,1-2,12H2/t9-/m0/s1. The molecule has 0 amide bonds. The van der Waals surface area contributed by atoms with Crippen molar-refractivity contribution in [2.24, 2.45) is 0 Å². The summed E-state index contributed by atoms with van der Waals surface area (Å²) in [7, 11) is 0. The molecule has 1 saturated heterocycles. The fourth-order valence-corrected chi connectivity index (χ4v) is 1.43. The van der Waals surface area contributed by atoms with Crippen molar-refractivity contribution in [1.82, 2.24) is 5.32 Å². The lowest BCUT2D eigenvalue weighted by Gasteiger charge is -2.29. The van der Waals surface area contributed by atoms with Gasteiger partial charge in [0.2, 0.25) is 0 Å². The fraction of sp³-hybridized carbons (Fsp3) is 0.333. The van der Waals surface area contributed by atoms with Gasteiger partial charge in [-0.1, -0.05) is 0 Å². The van der Waals surface area contributed by atoms with E-state index in [9.17, 15) is 8.78 Å². The lowest BCUT2D eigenvalue weighted by atomic mass is 9.96. The van der Waals surface area contributed by atoms with Gasteiger partial charge in [-0.25, -0.2) is 8.78 Å². The molecule has 1 aromatic carbocycles. The van der Waals surface area contributed by atoms with Gasteiger partial charge in [-0.15, -0.1) is 0 Å². The van der Waals surface area contributed by atoms with E-state index < -0.39 is 11.6 Å². The van der Waals surface area contributed by atoms with Crippen molar-refractivity contribution in [3.63, 3.8) is 0 Å². The zero-order valence-corrected chi connectivity index (χ0v) is 6.98. The summed E-state index contributed by atoms with van der Waals surface area (Å²) in [4.78, 5) is 0. The summed E-state index contributed by atoms with van der Waals surface area (Å²) in [6.07, 6.45) is 0.926. The van der Waals surface area contributed by atoms with Crippen LogP contribution in [0.4, 0.5) is 14.5 Å². The Bertz CT molecular complexity index is 335. The molecule has 0 saturated carbocycles. The molecule has 3 N–H and O–H groups in total. The molecule has 1 aliphatic heterocycles. The van der Waals surface area contributed by atoms with Crippen LogP contribution in [0.1, 0.15) is 18.0 Å². The Morgan fingerprint density at radius 2 is 1.92 bits per heavy atom. The third kappa shape index (κ3) is 1.37. The molecule has 0 aliphatic carbocycles. The van der Waals surface area contributed by atoms with Gasteiger partial charge >= 0.3 is 0 Å². The predicted octanol–water partition coefficient (Wildman–Crippen LogP) is 1.58. The molecule has 70 valence electrons. The number of hydrogen-bond donors (Lipinski definition) is 2. The van der Waals surface area contributed by atoms with E-state index in [0.29, 0.717) is 11.3 Å². The maximum absolute atomic E-state index is 12.8. The van der Waals surface area contributed by atoms with Gasteiger partial charge in [0, 0.05) is 17.8 Å². The number of nitrogens with one attached hydrogen (secondary N) is 1. The van der Waals surface area contributed by atoms with Crippen molar-refractivity contribution in [3.05, 3.63) is 29.3 Å². The van der Waals surface area contributed by atoms with Crippen molar-refractivity contribution in [3.8, 4) is 0 Å². The Morgan fingerprint density at radius 1 is 1.31 bits per heavy atom. The summed E-state index contributed by atoms with van der Waals surface area (Å²) in [5.74, 6) is -1.72. The number of nitrogen functional groups attached to an aromatic ring is 1. The largest absolute Gasteiger partial charge is 0.398 e. The minimum atomic E-state index is -0.888. The van der Waals surface area contributed by atoms with Gasteiger partial charge in [-0.3, -0.25) is 0 Å². The van der Waals surface area contributed by atoms with Gasteiger partial charge < -0.3 is 11.1 Å². The smallest absolute Gasteiger partial charge is 0.160 e. The molecule has 1 atom stereocenters. The van der Waals surface area contributed by atoms with Crippen LogP contribution in [-0.2, 0) is 0 Å². The molecule has 1 heterocycles. The van der Waals surface area contributed by atoms with E-state index in [1.165, 1.54) is 6.07 Å². The summed E-state index contributed by atoms with van der Waals surface area (Å²) < 4.78 is 25.5. The van der Waals surface area contributed by atoms with Crippen LogP contribution in [0.2, 0.25) is 0 Å². The molecular formula is C9H10F2N2. The monoisotopic (exact) mass is 184 g/mol. The molecule has 2 nitrogen and oxygen atoms in total. The summed E-state index contributed by atoms with van der Waals surface area (Å²) >= 11 is 0. The van der Waals surface area contributed by atoms with Gasteiger partial charge in [0.05, 0.1) is 0 Å². The van der Waals surface area contributed by atoms with Crippen molar-refractivity contribution >= 4 is 5.69 Å². The Balaban J connectivity index is 2.39. The second-order valence-electron chi connectivity index (χ2n) is 3.19. The number of benzene rings is 1. The minimum Gasteiger partial charge on any atom is -0.398 e. The normalized spacial score (nSPS) is 21.2. The summed E-state index contributed by atoms with van der Waals surface area (Å²) in [6.45, 7) is 0.906. The van der Waals surface area contributed by atoms with E-state index in [1.54, 1.807) is 0 Å². The number of nitrogens with two attached hydrogens (primary N) is 1. The first-order chi connectivity index (χ1) is 6.18. The van der Waals surface area contributed by atoms with Crippen molar-refractivity contribution < 1.29 is 8.78 Å². The first-order valence-electron chi connectivity index (χ1n) is 4.16. The van der Waals surface area contributed by atoms with Gasteiger partial charge in [-0.05, 0) is 24.6 Å². The van der Waals surface area contributed by atoms with Crippen molar-refractivity contribution in [1.29, 1.82) is 0 Å². The van der Waals surface area contributed by atoms with Gasteiger partial charge in [-0.2, -0.15) is 0 Å². The highest BCUT2D eigenvalue weighted by atomic mass is 19.2. The molecule has 2 rings (SSSR count). The molecule has 0 radical (unpaired) electrons. The van der Waals surface area contributed by atoms with Crippen LogP contribution in [0.5, 0.6) is 0 Å². The van der Waals surface area contributed by atoms with Gasteiger partial charge in [0.1, 0.15) is 0 Å². The molecule has 1 aliphatic rings. The quantitative estimate of drug-likeness (QED) is 0.650. The molecule has 0 spiro atoms. The van der Waals surface area contributed by atoms with Crippen LogP contribution in [0, 0.1) is 11.6 Å². The Morgan fingerprint density at radius 3 is 2.46 bits per heavy atom. The topological polar surface area (TPSA) is 38.0 Å². The highest BCUT2D eigenvalue weighted by Crippen LogP contribution is 2.29. The molecular weight excluding hydrogens is 174 g/mol. The molecule has 0 bridgehead atoms. The van der Waals surface area contributed by atoms with Gasteiger partial charge in [0.15, 0.2) is 11.6 Å². The van der Waals surface area contributed by atoms with E-state index in [2.05, 4.69) is 5.32 Å². The first-order valence-corrected chi connectivity index (χ1v) is 4.16. The van der Waals surface area contributed by atoms with Crippen molar-refractivity contribution in [2.75, 3.05) is 12.3 Å². The zero-order valence-electron chi connectivity index (χ0n) is 6.98. The van der Waals surface area contributed by atoms with E-state index >= 15 is 0 Å². The fourth-order valence-electron chi connectivity index (χ4n) is 1.43. The first kappa shape index (κ1) is 8.44. The number of hydrogen-bond acceptors (Lipinski definition) is 2. The maximum Gasteiger partial charge on any atom is 0.160 e. The van der Waals surface area contributed by atoms with Crippen LogP contribution in [-0.4, -0.2) is 6.54 Å². The lowest BCUT2D eigenvalue weighted by Crippen LogP contribution is -2.35. The molecule has 1 fully saturated rings. The second kappa shape index (κ2) is 2.96. The summed E-state index contributed by atoms with van der Waals surface area (Å²) in [5, 5.41) is 3.08. The van der Waals surface area contributed by atoms with Crippen molar-refractivity contribution in [2.45, 2.75) is 12.5 Å². The predicted molar refractivity (Wildman–Crippen MR) is 46.1 cm³/mol. The molecule has 0 aromatic heterocycles. The van der Waals surface area contributed by atoms with Crippen LogP contribution >= 0.6 is 0 Å². The molecule has 1 aromatic rings. The summed E-state index contributed by atoms with van der Waals surface area (Å²) in [6, 6.07) is 2.29. The SMILES string of the molecule is Nc1cc(F)c(F)cc1[C@@H]1CCN1. The molecule has 0 unspecified atom stereocenters. The van der Waals surface area contributed by atoms with Crippen LogP contribution in [0.3, 0.4) is 0 Å². The van der Waals surface area contributed by atoms with E-state index in [0.717, 1.165) is 19.0 Å². The van der Waals surface area contributed by atoms with Crippen LogP contribution in [0.25, 0.3) is 0 Å². The maximum atomic E-state index is 12.8. The van der Waals surface area contributed by atoms with Crippen LogP contribution < -0.4 is 11.1 Å². The molecule has 4 heteroatoms. The number of rotatable bonds is 1. The highest BCUT2D eigenvalue weighted by molar-refractivity contribution is 5.49. The molecule has 13 heavy (non-hydrogen) atoms. The summed E-state index contributed by atoms with van der Waals surface area (Å²) in [5.41, 5.74) is 6.53. The Kier molecular flexibility index (Phi) is 1.92. The van der Waals surface area contributed by atoms with E-state index in [1.807, 2.05) is 0 Å². The van der Waals surface area contributed by atoms with Gasteiger partial charge in [0.25, 0.3) is 0 Å². The third-order valence-corrected chi connectivity index (χ3v) is 2.33. The average molecular weight is 184 g/mol. The van der Waals surface area contributed by atoms with Crippen LogP contribution in [0.15, 0.2) is 12.1 Å². The number of anilines is 1. The second-order valence-corrected chi connectivity index (χ2v) is 3.19. The average Bonchev–Trinajstić information content (AvgIpc) is 1.96. The third-order valence-electron chi connectivity index (χ3n) is 2.33. The lowest BCUT2D eigenvalue weighted by molar-refractivity contribution is 0.381. The van der Waals surface area contributed by atoms with E-state index in [4.69, 9.17) is 5.73 Å². The van der Waals surface area contributed by atoms with E-state index in [-0.39, 0.29) is 6.04 Å². The zero-order chi connectivity index (χ0) is 9.42. The number of halogens is 2. The Labute approximate surface area is 74.7 Å².